The summed E-state index contributed by atoms with van der Waals surface area (Å²) in [6, 6.07) is 14.7. The van der Waals surface area contributed by atoms with Crippen LogP contribution in [0.4, 0.5) is 0 Å². The average Bonchev–Trinajstić information content (AvgIpc) is 3.65. The van der Waals surface area contributed by atoms with Crippen molar-refractivity contribution in [3.8, 4) is 5.75 Å². The molecule has 3 aromatic rings. The van der Waals surface area contributed by atoms with Gasteiger partial charge < -0.3 is 14.5 Å². The zero-order chi connectivity index (χ0) is 26.6. The minimum atomic E-state index is -0.117. The van der Waals surface area contributed by atoms with E-state index in [1.165, 1.54) is 22.5 Å². The first-order chi connectivity index (χ1) is 18.5. The van der Waals surface area contributed by atoms with Crippen molar-refractivity contribution < 1.29 is 14.3 Å². The number of rotatable bonds is 8. The first-order valence-corrected chi connectivity index (χ1v) is 14.7. The van der Waals surface area contributed by atoms with Crippen molar-refractivity contribution in [2.45, 2.75) is 65.5 Å². The third-order valence-electron chi connectivity index (χ3n) is 7.91. The highest BCUT2D eigenvalue weighted by Gasteiger charge is 2.36. The third kappa shape index (κ3) is 5.48. The Morgan fingerprint density at radius 3 is 2.53 bits per heavy atom. The van der Waals surface area contributed by atoms with E-state index >= 15 is 0 Å². The second kappa shape index (κ2) is 11.7. The standard InChI is InChI=1S/C31H37N3O3S/c1-4-33(5-2)31(36)27-20-38-28(32-27)19-37-25-15-14-22-16-17-34(30(35)24-8-6-7-9-24)29(26(22)18-25)23-12-10-21(3)11-13-23/h10-15,18,20,24,29H,4-9,16-17,19H2,1-3H3/t29-/m1/s1. The van der Waals surface area contributed by atoms with Gasteiger partial charge in [-0.2, -0.15) is 0 Å². The van der Waals surface area contributed by atoms with Crippen LogP contribution in [0, 0.1) is 12.8 Å². The van der Waals surface area contributed by atoms with Crippen molar-refractivity contribution in [3.05, 3.63) is 80.8 Å². The SMILES string of the molecule is CCN(CC)C(=O)c1csc(COc2ccc3c(c2)[C@@H](c2ccc(C)cc2)N(C(=O)C2CCCC2)CC3)n1. The molecule has 1 aromatic heterocycles. The molecule has 0 saturated heterocycles. The molecule has 38 heavy (non-hydrogen) atoms. The summed E-state index contributed by atoms with van der Waals surface area (Å²) in [6.45, 7) is 8.40. The van der Waals surface area contributed by atoms with E-state index in [1.54, 1.807) is 4.90 Å². The van der Waals surface area contributed by atoms with E-state index in [1.807, 2.05) is 25.3 Å². The summed E-state index contributed by atoms with van der Waals surface area (Å²) in [4.78, 5) is 34.7. The van der Waals surface area contributed by atoms with E-state index in [9.17, 15) is 9.59 Å². The van der Waals surface area contributed by atoms with Gasteiger partial charge in [-0.25, -0.2) is 4.98 Å². The molecule has 1 fully saturated rings. The molecule has 200 valence electrons. The van der Waals surface area contributed by atoms with Gasteiger partial charge in [-0.15, -0.1) is 11.3 Å². The van der Waals surface area contributed by atoms with Gasteiger partial charge in [0.15, 0.2) is 0 Å². The predicted molar refractivity (Wildman–Crippen MR) is 151 cm³/mol. The zero-order valence-corrected chi connectivity index (χ0v) is 23.4. The first kappa shape index (κ1) is 26.4. The summed E-state index contributed by atoms with van der Waals surface area (Å²) in [6.07, 6.45) is 5.14. The molecule has 6 nitrogen and oxygen atoms in total. The Bertz CT molecular complexity index is 1280. The normalized spacial score (nSPS) is 17.3. The molecule has 5 rings (SSSR count). The van der Waals surface area contributed by atoms with E-state index < -0.39 is 0 Å². The molecule has 0 spiro atoms. The molecule has 1 saturated carbocycles. The van der Waals surface area contributed by atoms with Crippen molar-refractivity contribution in [2.24, 2.45) is 5.92 Å². The number of carbonyl (C=O) groups excluding carboxylic acids is 2. The maximum atomic E-state index is 13.7. The van der Waals surface area contributed by atoms with Crippen molar-refractivity contribution in [1.29, 1.82) is 0 Å². The van der Waals surface area contributed by atoms with Crippen LogP contribution in [0.25, 0.3) is 0 Å². The first-order valence-electron chi connectivity index (χ1n) is 13.8. The molecular weight excluding hydrogens is 494 g/mol. The molecule has 0 unspecified atom stereocenters. The van der Waals surface area contributed by atoms with Crippen molar-refractivity contribution in [1.82, 2.24) is 14.8 Å². The van der Waals surface area contributed by atoms with E-state index in [-0.39, 0.29) is 17.9 Å². The zero-order valence-electron chi connectivity index (χ0n) is 22.6. The van der Waals surface area contributed by atoms with E-state index in [0.29, 0.717) is 31.3 Å². The lowest BCUT2D eigenvalue weighted by atomic mass is 9.86. The smallest absolute Gasteiger partial charge is 0.273 e. The Labute approximate surface area is 229 Å². The number of aromatic nitrogens is 1. The number of thiazole rings is 1. The molecule has 1 aliphatic heterocycles. The van der Waals surface area contributed by atoms with Gasteiger partial charge in [0.05, 0.1) is 6.04 Å². The summed E-state index contributed by atoms with van der Waals surface area (Å²) in [7, 11) is 0. The Hall–Kier alpha value is -3.19. The second-order valence-corrected chi connectivity index (χ2v) is 11.3. The lowest BCUT2D eigenvalue weighted by Gasteiger charge is -2.39. The van der Waals surface area contributed by atoms with Crippen LogP contribution in [-0.2, 0) is 17.8 Å². The fourth-order valence-electron chi connectivity index (χ4n) is 5.73. The number of aryl methyl sites for hydroxylation is 1. The van der Waals surface area contributed by atoms with Crippen LogP contribution in [0.1, 0.15) is 83.3 Å². The van der Waals surface area contributed by atoms with Gasteiger partial charge in [0.2, 0.25) is 5.91 Å². The molecule has 2 aromatic carbocycles. The van der Waals surface area contributed by atoms with Crippen LogP contribution < -0.4 is 4.74 Å². The molecule has 0 bridgehead atoms. The highest BCUT2D eigenvalue weighted by molar-refractivity contribution is 7.09. The van der Waals surface area contributed by atoms with Gasteiger partial charge in [-0.05, 0) is 68.9 Å². The summed E-state index contributed by atoms with van der Waals surface area (Å²) in [5, 5.41) is 2.58. The average molecular weight is 532 g/mol. The van der Waals surface area contributed by atoms with Gasteiger partial charge in [0, 0.05) is 30.9 Å². The van der Waals surface area contributed by atoms with Crippen LogP contribution in [0.15, 0.2) is 47.8 Å². The van der Waals surface area contributed by atoms with Crippen LogP contribution in [-0.4, -0.2) is 46.2 Å². The van der Waals surface area contributed by atoms with Gasteiger partial charge >= 0.3 is 0 Å². The molecule has 0 N–H and O–H groups in total. The lowest BCUT2D eigenvalue weighted by molar-refractivity contribution is -0.137. The van der Waals surface area contributed by atoms with Crippen LogP contribution >= 0.6 is 11.3 Å². The van der Waals surface area contributed by atoms with Crippen LogP contribution in [0.2, 0.25) is 0 Å². The van der Waals surface area contributed by atoms with Crippen LogP contribution in [0.5, 0.6) is 5.75 Å². The lowest BCUT2D eigenvalue weighted by Crippen LogP contribution is -2.43. The molecular formula is C31H37N3O3S. The molecule has 0 radical (unpaired) electrons. The number of hydrogen-bond acceptors (Lipinski definition) is 5. The number of hydrogen-bond donors (Lipinski definition) is 0. The maximum absolute atomic E-state index is 13.7. The van der Waals surface area contributed by atoms with Crippen LogP contribution in [0.3, 0.4) is 0 Å². The number of nitrogens with zero attached hydrogens (tertiary/aromatic N) is 3. The third-order valence-corrected chi connectivity index (χ3v) is 8.73. The minimum Gasteiger partial charge on any atom is -0.486 e. The molecule has 7 heteroatoms. The second-order valence-electron chi connectivity index (χ2n) is 10.3. The van der Waals surface area contributed by atoms with Gasteiger partial charge in [-0.1, -0.05) is 48.7 Å². The van der Waals surface area contributed by atoms with Crippen molar-refractivity contribution >= 4 is 23.2 Å². The molecule has 1 aliphatic carbocycles. The van der Waals surface area contributed by atoms with Crippen molar-refractivity contribution in [2.75, 3.05) is 19.6 Å². The van der Waals surface area contributed by atoms with E-state index in [4.69, 9.17) is 4.74 Å². The topological polar surface area (TPSA) is 62.7 Å². The Balaban J connectivity index is 1.38. The number of fused-ring (bicyclic) bond motifs is 1. The number of amides is 2. The summed E-state index contributed by atoms with van der Waals surface area (Å²) < 4.78 is 6.18. The predicted octanol–water partition coefficient (Wildman–Crippen LogP) is 6.18. The molecule has 1 atom stereocenters. The summed E-state index contributed by atoms with van der Waals surface area (Å²) in [5.74, 6) is 1.14. The fraction of sp³-hybridized carbons (Fsp3) is 0.452. The fourth-order valence-corrected chi connectivity index (χ4v) is 6.41. The Morgan fingerprint density at radius 2 is 1.82 bits per heavy atom. The Morgan fingerprint density at radius 1 is 1.08 bits per heavy atom. The maximum Gasteiger partial charge on any atom is 0.273 e. The Kier molecular flexibility index (Phi) is 8.12. The monoisotopic (exact) mass is 531 g/mol. The van der Waals surface area contributed by atoms with Gasteiger partial charge in [-0.3, -0.25) is 9.59 Å². The molecule has 2 heterocycles. The number of benzene rings is 2. The molecule has 2 aliphatic rings. The molecule has 2 amide bonds. The highest BCUT2D eigenvalue weighted by atomic mass is 32.1. The van der Waals surface area contributed by atoms with E-state index in [0.717, 1.165) is 60.5 Å². The largest absolute Gasteiger partial charge is 0.486 e. The van der Waals surface area contributed by atoms with Crippen molar-refractivity contribution in [3.63, 3.8) is 0 Å². The highest BCUT2D eigenvalue weighted by Crippen LogP contribution is 2.40. The number of carbonyl (C=O) groups is 2. The summed E-state index contributed by atoms with van der Waals surface area (Å²) >= 11 is 1.44. The number of ether oxygens (including phenoxy) is 1. The quantitative estimate of drug-likeness (QED) is 0.348. The summed E-state index contributed by atoms with van der Waals surface area (Å²) in [5.41, 5.74) is 5.22. The van der Waals surface area contributed by atoms with Gasteiger partial charge in [0.25, 0.3) is 5.91 Å². The van der Waals surface area contributed by atoms with Gasteiger partial charge in [0.1, 0.15) is 23.1 Å². The van der Waals surface area contributed by atoms with E-state index in [2.05, 4.69) is 53.2 Å². The minimum absolute atomic E-state index is 0.0424.